The molecule has 0 heteroatoms. The van der Waals surface area contributed by atoms with Crippen molar-refractivity contribution < 1.29 is 0 Å². The molecule has 0 heterocycles. The van der Waals surface area contributed by atoms with Crippen LogP contribution in [0.1, 0.15) is 30.4 Å². The predicted molar refractivity (Wildman–Crippen MR) is 78.8 cm³/mol. The zero-order chi connectivity index (χ0) is 12.6. The molecule has 0 bridgehead atoms. The topological polar surface area (TPSA) is 0 Å². The second-order valence-corrected chi connectivity index (χ2v) is 4.65. The van der Waals surface area contributed by atoms with Crippen molar-refractivity contribution in [3.63, 3.8) is 0 Å². The van der Waals surface area contributed by atoms with E-state index in [4.69, 9.17) is 0 Å². The first kappa shape index (κ1) is 12.6. The summed E-state index contributed by atoms with van der Waals surface area (Å²) >= 11 is 0. The number of benzene rings is 2. The summed E-state index contributed by atoms with van der Waals surface area (Å²) in [5, 5.41) is 0. The van der Waals surface area contributed by atoms with Gasteiger partial charge in [0, 0.05) is 0 Å². The molecule has 1 atom stereocenters. The molecule has 0 aliphatic carbocycles. The van der Waals surface area contributed by atoms with Gasteiger partial charge in [0.2, 0.25) is 0 Å². The van der Waals surface area contributed by atoms with Gasteiger partial charge in [0.1, 0.15) is 0 Å². The van der Waals surface area contributed by atoms with E-state index in [0.717, 1.165) is 12.8 Å². The molecule has 0 nitrogen and oxygen atoms in total. The molecule has 0 aliphatic heterocycles. The Kier molecular flexibility index (Phi) is 4.78. The van der Waals surface area contributed by atoms with Gasteiger partial charge in [0.25, 0.3) is 0 Å². The Morgan fingerprint density at radius 1 is 0.889 bits per heavy atom. The average molecular weight is 236 g/mol. The fraction of sp³-hybridized carbons (Fsp3) is 0.222. The maximum atomic E-state index is 2.30. The van der Waals surface area contributed by atoms with Gasteiger partial charge in [-0.3, -0.25) is 0 Å². The highest BCUT2D eigenvalue weighted by molar-refractivity contribution is 5.23. The van der Waals surface area contributed by atoms with Gasteiger partial charge in [-0.15, -0.1) is 0 Å². The molecule has 0 N–H and O–H groups in total. The van der Waals surface area contributed by atoms with Gasteiger partial charge in [0.05, 0.1) is 0 Å². The number of hydrogen-bond acceptors (Lipinski definition) is 0. The Balaban J connectivity index is 1.82. The van der Waals surface area contributed by atoms with E-state index in [2.05, 4.69) is 79.7 Å². The Morgan fingerprint density at radius 2 is 1.50 bits per heavy atom. The van der Waals surface area contributed by atoms with E-state index in [9.17, 15) is 0 Å². The van der Waals surface area contributed by atoms with Crippen LogP contribution in [0, 0.1) is 0 Å². The minimum atomic E-state index is 0.502. The number of hydrogen-bond donors (Lipinski definition) is 0. The fourth-order valence-corrected chi connectivity index (χ4v) is 2.06. The lowest BCUT2D eigenvalue weighted by Crippen LogP contribution is -1.88. The molecule has 92 valence electrons. The summed E-state index contributed by atoms with van der Waals surface area (Å²) in [5.41, 5.74) is 2.79. The van der Waals surface area contributed by atoms with Crippen molar-refractivity contribution in [1.29, 1.82) is 0 Å². The molecule has 0 aliphatic rings. The zero-order valence-electron chi connectivity index (χ0n) is 10.9. The third kappa shape index (κ3) is 3.89. The van der Waals surface area contributed by atoms with Crippen molar-refractivity contribution >= 4 is 0 Å². The molecular weight excluding hydrogens is 216 g/mol. The first-order valence-corrected chi connectivity index (χ1v) is 6.62. The minimum Gasteiger partial charge on any atom is -0.0876 e. The number of allylic oxidation sites excluding steroid dienone is 2. The van der Waals surface area contributed by atoms with E-state index in [-0.39, 0.29) is 0 Å². The first-order chi connectivity index (χ1) is 8.86. The maximum Gasteiger partial charge on any atom is -0.00104 e. The van der Waals surface area contributed by atoms with Gasteiger partial charge in [-0.1, -0.05) is 79.7 Å². The van der Waals surface area contributed by atoms with Crippen molar-refractivity contribution in [3.8, 4) is 0 Å². The molecule has 0 amide bonds. The van der Waals surface area contributed by atoms with Gasteiger partial charge >= 0.3 is 0 Å². The van der Waals surface area contributed by atoms with Crippen molar-refractivity contribution in [2.75, 3.05) is 0 Å². The van der Waals surface area contributed by atoms with Crippen LogP contribution < -0.4 is 0 Å². The highest BCUT2D eigenvalue weighted by Crippen LogP contribution is 2.16. The third-order valence-corrected chi connectivity index (χ3v) is 3.19. The van der Waals surface area contributed by atoms with Crippen molar-refractivity contribution in [2.24, 2.45) is 0 Å². The molecular formula is C18H20. The van der Waals surface area contributed by atoms with Crippen LogP contribution in [0.25, 0.3) is 0 Å². The SMILES string of the molecule is CC(/C=C/CCc1ccccc1)c1ccccc1. The summed E-state index contributed by atoms with van der Waals surface area (Å²) in [6.07, 6.45) is 6.84. The molecule has 2 aromatic rings. The second kappa shape index (κ2) is 6.80. The van der Waals surface area contributed by atoms with Gasteiger partial charge in [-0.2, -0.15) is 0 Å². The van der Waals surface area contributed by atoms with E-state index in [0.29, 0.717) is 5.92 Å². The standard InChI is InChI=1S/C18H20/c1-16(18-14-6-3-7-15-18)10-8-9-13-17-11-4-2-5-12-17/h2-8,10-12,14-16H,9,13H2,1H3/b10-8+. The van der Waals surface area contributed by atoms with Crippen LogP contribution >= 0.6 is 0 Å². The molecule has 0 spiro atoms. The van der Waals surface area contributed by atoms with Crippen LogP contribution in [-0.4, -0.2) is 0 Å². The van der Waals surface area contributed by atoms with E-state index in [1.165, 1.54) is 11.1 Å². The molecule has 18 heavy (non-hydrogen) atoms. The highest BCUT2D eigenvalue weighted by atomic mass is 14.0. The van der Waals surface area contributed by atoms with Crippen molar-refractivity contribution in [1.82, 2.24) is 0 Å². The molecule has 0 aromatic heterocycles. The fourth-order valence-electron chi connectivity index (χ4n) is 2.06. The summed E-state index contributed by atoms with van der Waals surface area (Å²) in [5.74, 6) is 0.502. The summed E-state index contributed by atoms with van der Waals surface area (Å²) < 4.78 is 0. The zero-order valence-corrected chi connectivity index (χ0v) is 10.9. The normalized spacial score (nSPS) is 12.7. The Bertz CT molecular complexity index is 468. The van der Waals surface area contributed by atoms with E-state index >= 15 is 0 Å². The number of rotatable bonds is 5. The first-order valence-electron chi connectivity index (χ1n) is 6.62. The average Bonchev–Trinajstić information content (AvgIpc) is 2.45. The molecule has 1 unspecified atom stereocenters. The van der Waals surface area contributed by atoms with Crippen LogP contribution in [0.5, 0.6) is 0 Å². The number of aryl methyl sites for hydroxylation is 1. The van der Waals surface area contributed by atoms with Gasteiger partial charge in [-0.05, 0) is 29.9 Å². The van der Waals surface area contributed by atoms with Crippen molar-refractivity contribution in [2.45, 2.75) is 25.7 Å². The second-order valence-electron chi connectivity index (χ2n) is 4.65. The van der Waals surface area contributed by atoms with Gasteiger partial charge in [-0.25, -0.2) is 0 Å². The monoisotopic (exact) mass is 236 g/mol. The summed E-state index contributed by atoms with van der Waals surface area (Å²) in [4.78, 5) is 0. The highest BCUT2D eigenvalue weighted by Gasteiger charge is 1.98. The van der Waals surface area contributed by atoms with Crippen LogP contribution in [-0.2, 0) is 6.42 Å². The van der Waals surface area contributed by atoms with Crippen LogP contribution in [0.2, 0.25) is 0 Å². The van der Waals surface area contributed by atoms with Crippen LogP contribution in [0.4, 0.5) is 0 Å². The predicted octanol–water partition coefficient (Wildman–Crippen LogP) is 4.98. The van der Waals surface area contributed by atoms with Crippen molar-refractivity contribution in [3.05, 3.63) is 83.9 Å². The minimum absolute atomic E-state index is 0.502. The van der Waals surface area contributed by atoms with Gasteiger partial charge in [0.15, 0.2) is 0 Å². The molecule has 2 rings (SSSR count). The molecule has 2 aromatic carbocycles. The van der Waals surface area contributed by atoms with Crippen LogP contribution in [0.3, 0.4) is 0 Å². The molecule has 0 saturated carbocycles. The van der Waals surface area contributed by atoms with E-state index in [1.807, 2.05) is 0 Å². The van der Waals surface area contributed by atoms with E-state index in [1.54, 1.807) is 0 Å². The summed E-state index contributed by atoms with van der Waals surface area (Å²) in [6.45, 7) is 2.24. The lowest BCUT2D eigenvalue weighted by Gasteiger charge is -2.05. The largest absolute Gasteiger partial charge is 0.0876 e. The van der Waals surface area contributed by atoms with Gasteiger partial charge < -0.3 is 0 Å². The van der Waals surface area contributed by atoms with Crippen LogP contribution in [0.15, 0.2) is 72.8 Å². The Morgan fingerprint density at radius 3 is 2.17 bits per heavy atom. The summed E-state index contributed by atoms with van der Waals surface area (Å²) in [6, 6.07) is 21.3. The lowest BCUT2D eigenvalue weighted by atomic mass is 10.00. The third-order valence-electron chi connectivity index (χ3n) is 3.19. The molecule has 0 saturated heterocycles. The molecule has 0 radical (unpaired) electrons. The Labute approximate surface area is 110 Å². The molecule has 0 fully saturated rings. The maximum absolute atomic E-state index is 2.30. The Hall–Kier alpha value is -1.82. The smallest absolute Gasteiger partial charge is 0.00104 e. The van der Waals surface area contributed by atoms with E-state index < -0.39 is 0 Å². The summed E-state index contributed by atoms with van der Waals surface area (Å²) in [7, 11) is 0. The lowest BCUT2D eigenvalue weighted by molar-refractivity contribution is 0.935. The quantitative estimate of drug-likeness (QED) is 0.642.